The molecule has 3 aromatic rings. The van der Waals surface area contributed by atoms with Gasteiger partial charge in [0.05, 0.1) is 4.90 Å². The van der Waals surface area contributed by atoms with E-state index in [0.717, 1.165) is 0 Å². The van der Waals surface area contributed by atoms with E-state index in [1.807, 2.05) is 0 Å². The second-order valence-electron chi connectivity index (χ2n) is 4.60. The predicted octanol–water partition coefficient (Wildman–Crippen LogP) is -0.136. The molecule has 0 saturated carbocycles. The van der Waals surface area contributed by atoms with Gasteiger partial charge in [0.15, 0.2) is 5.65 Å². The lowest BCUT2D eigenvalue weighted by Gasteiger charge is -1.99. The number of aryl methyl sites for hydroxylation is 1. The molecule has 3 rings (SSSR count). The van der Waals surface area contributed by atoms with Gasteiger partial charge < -0.3 is 4.98 Å². The van der Waals surface area contributed by atoms with Crippen LogP contribution in [0.3, 0.4) is 0 Å². The lowest BCUT2D eigenvalue weighted by molar-refractivity contribution is 0.483. The maximum absolute atomic E-state index is 11.7. The summed E-state index contributed by atoms with van der Waals surface area (Å²) in [6, 6.07) is 5.27. The highest BCUT2D eigenvalue weighted by molar-refractivity contribution is 7.85. The molecule has 0 spiro atoms. The van der Waals surface area contributed by atoms with Gasteiger partial charge >= 0.3 is 5.69 Å². The number of benzene rings is 1. The molecule has 1 aromatic carbocycles. The molecule has 0 aliphatic heterocycles. The molecule has 2 aromatic heterocycles. The summed E-state index contributed by atoms with van der Waals surface area (Å²) in [6.45, 7) is 0. The van der Waals surface area contributed by atoms with Crippen LogP contribution in [-0.2, 0) is 17.2 Å². The third-order valence-electron chi connectivity index (χ3n) is 3.18. The van der Waals surface area contributed by atoms with E-state index in [2.05, 4.69) is 15.0 Å². The van der Waals surface area contributed by atoms with E-state index in [9.17, 15) is 18.0 Å². The van der Waals surface area contributed by atoms with Crippen molar-refractivity contribution in [1.29, 1.82) is 0 Å². The Labute approximate surface area is 123 Å². The van der Waals surface area contributed by atoms with Crippen molar-refractivity contribution < 1.29 is 13.0 Å². The van der Waals surface area contributed by atoms with Gasteiger partial charge in [0.25, 0.3) is 15.7 Å². The lowest BCUT2D eigenvalue weighted by Crippen LogP contribution is -2.28. The van der Waals surface area contributed by atoms with Crippen molar-refractivity contribution >= 4 is 21.3 Å². The summed E-state index contributed by atoms with van der Waals surface area (Å²) in [7, 11) is -2.81. The first-order chi connectivity index (χ1) is 10.3. The standard InChI is InChI=1S/C12H10N4O5S/c1-16-10-8(11(17)15-12(16)18)13-9(14-10)6-2-4-7(5-3-6)22(19,20)21/h2-5H,1H3,(H,13,14)(H,15,17,18)(H,19,20,21). The Morgan fingerprint density at radius 2 is 1.77 bits per heavy atom. The highest BCUT2D eigenvalue weighted by Gasteiger charge is 2.13. The zero-order chi connectivity index (χ0) is 16.1. The summed E-state index contributed by atoms with van der Waals surface area (Å²) in [5.41, 5.74) is -0.363. The van der Waals surface area contributed by atoms with Crippen molar-refractivity contribution in [2.45, 2.75) is 4.90 Å². The van der Waals surface area contributed by atoms with E-state index in [-0.39, 0.29) is 16.1 Å². The lowest BCUT2D eigenvalue weighted by atomic mass is 10.2. The molecule has 0 amide bonds. The molecule has 0 aliphatic rings. The first kappa shape index (κ1) is 14.2. The average Bonchev–Trinajstić information content (AvgIpc) is 2.90. The molecular weight excluding hydrogens is 312 g/mol. The number of hydrogen-bond acceptors (Lipinski definition) is 5. The first-order valence-electron chi connectivity index (χ1n) is 6.04. The fraction of sp³-hybridized carbons (Fsp3) is 0.0833. The van der Waals surface area contributed by atoms with E-state index in [4.69, 9.17) is 4.55 Å². The molecule has 3 N–H and O–H groups in total. The number of fused-ring (bicyclic) bond motifs is 1. The number of aromatic amines is 2. The highest BCUT2D eigenvalue weighted by atomic mass is 32.2. The molecule has 0 aliphatic carbocycles. The Morgan fingerprint density at radius 1 is 1.14 bits per heavy atom. The van der Waals surface area contributed by atoms with Crippen molar-refractivity contribution in [2.75, 3.05) is 0 Å². The van der Waals surface area contributed by atoms with Crippen LogP contribution in [0.1, 0.15) is 0 Å². The quantitative estimate of drug-likeness (QED) is 0.562. The summed E-state index contributed by atoms with van der Waals surface area (Å²) in [6.07, 6.45) is 0. The van der Waals surface area contributed by atoms with Gasteiger partial charge in [-0.05, 0) is 24.3 Å². The van der Waals surface area contributed by atoms with E-state index < -0.39 is 21.4 Å². The van der Waals surface area contributed by atoms with Crippen LogP contribution in [0, 0.1) is 0 Å². The molecule has 2 heterocycles. The fourth-order valence-corrected chi connectivity index (χ4v) is 2.51. The zero-order valence-electron chi connectivity index (χ0n) is 11.2. The van der Waals surface area contributed by atoms with Crippen LogP contribution in [0.15, 0.2) is 38.8 Å². The molecule has 22 heavy (non-hydrogen) atoms. The largest absolute Gasteiger partial charge is 0.332 e. The van der Waals surface area contributed by atoms with Crippen molar-refractivity contribution in [3.05, 3.63) is 45.1 Å². The Morgan fingerprint density at radius 3 is 2.36 bits per heavy atom. The number of rotatable bonds is 2. The minimum Gasteiger partial charge on any atom is -0.332 e. The Balaban J connectivity index is 2.19. The molecule has 0 atom stereocenters. The number of hydrogen-bond donors (Lipinski definition) is 3. The minimum atomic E-state index is -4.28. The molecule has 0 saturated heterocycles. The van der Waals surface area contributed by atoms with Crippen LogP contribution >= 0.6 is 0 Å². The first-order valence-corrected chi connectivity index (χ1v) is 7.48. The van der Waals surface area contributed by atoms with E-state index in [1.54, 1.807) is 0 Å². The summed E-state index contributed by atoms with van der Waals surface area (Å²) >= 11 is 0. The van der Waals surface area contributed by atoms with Gasteiger partial charge in [-0.15, -0.1) is 0 Å². The molecule has 9 nitrogen and oxygen atoms in total. The van der Waals surface area contributed by atoms with Gasteiger partial charge in [0, 0.05) is 12.6 Å². The van der Waals surface area contributed by atoms with Crippen LogP contribution in [0.4, 0.5) is 0 Å². The Bertz CT molecular complexity index is 1090. The van der Waals surface area contributed by atoms with Crippen molar-refractivity contribution in [3.8, 4) is 11.4 Å². The van der Waals surface area contributed by atoms with Gasteiger partial charge in [-0.1, -0.05) is 0 Å². The van der Waals surface area contributed by atoms with Gasteiger partial charge in [0.2, 0.25) is 0 Å². The number of nitrogens with zero attached hydrogens (tertiary/aromatic N) is 2. The van der Waals surface area contributed by atoms with Gasteiger partial charge in [-0.3, -0.25) is 18.9 Å². The molecule has 0 bridgehead atoms. The molecule has 10 heteroatoms. The van der Waals surface area contributed by atoms with Gasteiger partial charge in [-0.25, -0.2) is 9.78 Å². The third kappa shape index (κ3) is 2.23. The molecule has 114 valence electrons. The summed E-state index contributed by atoms with van der Waals surface area (Å²) < 4.78 is 32.1. The number of nitrogens with one attached hydrogen (secondary N) is 2. The maximum Gasteiger partial charge on any atom is 0.329 e. The number of H-pyrrole nitrogens is 2. The highest BCUT2D eigenvalue weighted by Crippen LogP contribution is 2.20. The molecule has 0 fully saturated rings. The van der Waals surface area contributed by atoms with Crippen molar-refractivity contribution in [3.63, 3.8) is 0 Å². The van der Waals surface area contributed by atoms with Crippen molar-refractivity contribution in [1.82, 2.24) is 19.5 Å². The van der Waals surface area contributed by atoms with E-state index >= 15 is 0 Å². The summed E-state index contributed by atoms with van der Waals surface area (Å²) in [4.78, 5) is 32.1. The number of aromatic nitrogens is 4. The van der Waals surface area contributed by atoms with E-state index in [1.165, 1.54) is 35.9 Å². The van der Waals surface area contributed by atoms with Crippen LogP contribution in [0.5, 0.6) is 0 Å². The molecule has 0 radical (unpaired) electrons. The Kier molecular flexibility index (Phi) is 3.00. The SMILES string of the molecule is Cn1c(=O)[nH]c(=O)c2[nH]c(-c3ccc(S(=O)(=O)O)cc3)nc21. The Hall–Kier alpha value is -2.72. The van der Waals surface area contributed by atoms with Crippen LogP contribution in [0.25, 0.3) is 22.6 Å². The second kappa shape index (κ2) is 4.64. The summed E-state index contributed by atoms with van der Waals surface area (Å²) in [5.74, 6) is 0.295. The third-order valence-corrected chi connectivity index (χ3v) is 4.05. The molecule has 0 unspecified atom stereocenters. The summed E-state index contributed by atoms with van der Waals surface area (Å²) in [5, 5.41) is 0. The van der Waals surface area contributed by atoms with Crippen molar-refractivity contribution in [2.24, 2.45) is 7.05 Å². The zero-order valence-corrected chi connectivity index (χ0v) is 12.0. The topological polar surface area (TPSA) is 138 Å². The maximum atomic E-state index is 11.7. The van der Waals surface area contributed by atoms with E-state index in [0.29, 0.717) is 11.4 Å². The van der Waals surface area contributed by atoms with Crippen LogP contribution in [-0.4, -0.2) is 32.5 Å². The normalized spacial score (nSPS) is 11.9. The minimum absolute atomic E-state index is 0.135. The molecular formula is C12H10N4O5S. The fourth-order valence-electron chi connectivity index (χ4n) is 2.03. The van der Waals surface area contributed by atoms with Crippen LogP contribution < -0.4 is 11.2 Å². The van der Waals surface area contributed by atoms with Gasteiger partial charge in [0.1, 0.15) is 11.3 Å². The average molecular weight is 322 g/mol. The van der Waals surface area contributed by atoms with Gasteiger partial charge in [-0.2, -0.15) is 8.42 Å². The smallest absolute Gasteiger partial charge is 0.329 e. The predicted molar refractivity (Wildman–Crippen MR) is 77.2 cm³/mol. The number of imidazole rings is 1. The van der Waals surface area contributed by atoms with Crippen LogP contribution in [0.2, 0.25) is 0 Å². The second-order valence-corrected chi connectivity index (χ2v) is 6.02. The monoisotopic (exact) mass is 322 g/mol.